The lowest BCUT2D eigenvalue weighted by Crippen LogP contribution is -2.30. The normalized spacial score (nSPS) is 12.4. The van der Waals surface area contributed by atoms with Crippen LogP contribution in [0, 0.1) is 0 Å². The average molecular weight is 491 g/mol. The van der Waals surface area contributed by atoms with Crippen LogP contribution in [0.1, 0.15) is 24.2 Å². The van der Waals surface area contributed by atoms with Gasteiger partial charge < -0.3 is 19.8 Å². The average Bonchev–Trinajstić information content (AvgIpc) is 3.19. The largest absolute Gasteiger partial charge is 0.495 e. The molecular formula is C23H27FN4O5S. The summed E-state index contributed by atoms with van der Waals surface area (Å²) in [6.45, 7) is 3.34. The SMILES string of the molecule is COC(=O)c1cc(-c2ccc(OC)c(S(=O)(=O)NC(C)C)c2)c2ncn(CC(F)=CCN)c2c1. The van der Waals surface area contributed by atoms with Crippen LogP contribution >= 0.6 is 0 Å². The zero-order valence-corrected chi connectivity index (χ0v) is 20.1. The third-order valence-corrected chi connectivity index (χ3v) is 6.64. The van der Waals surface area contributed by atoms with E-state index in [1.165, 1.54) is 43.3 Å². The predicted molar refractivity (Wildman–Crippen MR) is 127 cm³/mol. The summed E-state index contributed by atoms with van der Waals surface area (Å²) in [5.41, 5.74) is 7.47. The number of nitrogens with zero attached hydrogens (tertiary/aromatic N) is 2. The predicted octanol–water partition coefficient (Wildman–Crippen LogP) is 3.00. The molecule has 0 unspecified atom stereocenters. The van der Waals surface area contributed by atoms with E-state index in [9.17, 15) is 17.6 Å². The highest BCUT2D eigenvalue weighted by molar-refractivity contribution is 7.89. The van der Waals surface area contributed by atoms with Gasteiger partial charge >= 0.3 is 5.97 Å². The van der Waals surface area contributed by atoms with Crippen molar-refractivity contribution < 1.29 is 27.1 Å². The third kappa shape index (κ3) is 5.27. The van der Waals surface area contributed by atoms with Crippen LogP contribution in [-0.4, -0.2) is 50.7 Å². The Hall–Kier alpha value is -3.28. The molecule has 0 aliphatic heterocycles. The molecule has 34 heavy (non-hydrogen) atoms. The number of benzene rings is 2. The Kier molecular flexibility index (Phi) is 7.70. The quantitative estimate of drug-likeness (QED) is 0.442. The van der Waals surface area contributed by atoms with Crippen LogP contribution in [0.2, 0.25) is 0 Å². The lowest BCUT2D eigenvalue weighted by molar-refractivity contribution is 0.0601. The molecule has 182 valence electrons. The number of hydrogen-bond acceptors (Lipinski definition) is 7. The highest BCUT2D eigenvalue weighted by Gasteiger charge is 2.23. The molecule has 11 heteroatoms. The second kappa shape index (κ2) is 10.3. The Morgan fingerprint density at radius 1 is 1.26 bits per heavy atom. The first-order chi connectivity index (χ1) is 16.1. The van der Waals surface area contributed by atoms with Gasteiger partial charge in [-0.25, -0.2) is 27.3 Å². The van der Waals surface area contributed by atoms with Crippen LogP contribution in [-0.2, 0) is 21.3 Å². The number of ether oxygens (including phenoxy) is 2. The van der Waals surface area contributed by atoms with Gasteiger partial charge in [-0.2, -0.15) is 0 Å². The van der Waals surface area contributed by atoms with Gasteiger partial charge in [0.15, 0.2) is 0 Å². The van der Waals surface area contributed by atoms with Crippen molar-refractivity contribution in [1.82, 2.24) is 14.3 Å². The Bertz CT molecular complexity index is 1350. The number of esters is 1. The van der Waals surface area contributed by atoms with Crippen LogP contribution in [0.3, 0.4) is 0 Å². The topological polar surface area (TPSA) is 126 Å². The van der Waals surface area contributed by atoms with Gasteiger partial charge in [0, 0.05) is 18.2 Å². The number of carbonyl (C=O) groups excluding carboxylic acids is 1. The molecule has 1 heterocycles. The first-order valence-corrected chi connectivity index (χ1v) is 11.9. The number of imidazole rings is 1. The molecule has 0 aliphatic rings. The zero-order valence-electron chi connectivity index (χ0n) is 19.3. The fourth-order valence-corrected chi connectivity index (χ4v) is 4.97. The van der Waals surface area contributed by atoms with Crippen LogP contribution in [0.25, 0.3) is 22.2 Å². The van der Waals surface area contributed by atoms with Crippen LogP contribution in [0.4, 0.5) is 4.39 Å². The van der Waals surface area contributed by atoms with E-state index in [2.05, 4.69) is 9.71 Å². The molecule has 0 spiro atoms. The summed E-state index contributed by atoms with van der Waals surface area (Å²) < 4.78 is 54.3. The van der Waals surface area contributed by atoms with Crippen LogP contribution in [0.5, 0.6) is 5.75 Å². The number of rotatable bonds is 9. The fraction of sp³-hybridized carbons (Fsp3) is 0.304. The first-order valence-electron chi connectivity index (χ1n) is 10.4. The molecule has 0 radical (unpaired) electrons. The highest BCUT2D eigenvalue weighted by Crippen LogP contribution is 2.34. The van der Waals surface area contributed by atoms with E-state index >= 15 is 0 Å². The maximum atomic E-state index is 14.2. The summed E-state index contributed by atoms with van der Waals surface area (Å²) in [6.07, 6.45) is 2.69. The van der Waals surface area contributed by atoms with E-state index < -0.39 is 21.8 Å². The molecule has 0 fully saturated rings. The van der Waals surface area contributed by atoms with Gasteiger partial charge in [-0.05, 0) is 49.8 Å². The number of halogens is 1. The summed E-state index contributed by atoms with van der Waals surface area (Å²) >= 11 is 0. The second-order valence-electron chi connectivity index (χ2n) is 7.78. The standard InChI is InChI=1S/C23H27FN4O5S/c1-14(2)27-34(30,31)21-11-15(5-6-20(21)32-3)18-9-16(23(29)33-4)10-19-22(18)26-13-28(19)12-17(24)7-8-25/h5-7,9-11,13-14,27H,8,12,25H2,1-4H3. The van der Waals surface area contributed by atoms with E-state index in [4.69, 9.17) is 15.2 Å². The molecule has 0 bridgehead atoms. The minimum absolute atomic E-state index is 0.0463. The number of carbonyl (C=O) groups is 1. The van der Waals surface area contributed by atoms with Crippen LogP contribution < -0.4 is 15.2 Å². The number of methoxy groups -OCH3 is 2. The van der Waals surface area contributed by atoms with Gasteiger partial charge in [-0.1, -0.05) is 6.07 Å². The van der Waals surface area contributed by atoms with Gasteiger partial charge in [0.05, 0.1) is 43.7 Å². The molecule has 0 saturated heterocycles. The maximum Gasteiger partial charge on any atom is 0.337 e. The number of fused-ring (bicyclic) bond motifs is 1. The Morgan fingerprint density at radius 3 is 2.62 bits per heavy atom. The Balaban J connectivity index is 2.26. The van der Waals surface area contributed by atoms with E-state index in [1.54, 1.807) is 32.0 Å². The third-order valence-electron chi connectivity index (χ3n) is 4.96. The Labute approximate surface area is 197 Å². The summed E-state index contributed by atoms with van der Waals surface area (Å²) in [5, 5.41) is 0. The van der Waals surface area contributed by atoms with Crippen molar-refractivity contribution >= 4 is 27.0 Å². The summed E-state index contributed by atoms with van der Waals surface area (Å²) in [5.74, 6) is -0.891. The van der Waals surface area contributed by atoms with Crippen molar-refractivity contribution in [2.75, 3.05) is 20.8 Å². The van der Waals surface area contributed by atoms with Crippen molar-refractivity contribution in [2.45, 2.75) is 31.3 Å². The van der Waals surface area contributed by atoms with Gasteiger partial charge in [0.1, 0.15) is 16.5 Å². The second-order valence-corrected chi connectivity index (χ2v) is 9.47. The van der Waals surface area contributed by atoms with Gasteiger partial charge in [-0.3, -0.25) is 0 Å². The smallest absolute Gasteiger partial charge is 0.337 e. The molecule has 0 saturated carbocycles. The van der Waals surface area contributed by atoms with Gasteiger partial charge in [-0.15, -0.1) is 0 Å². The zero-order chi connectivity index (χ0) is 25.0. The molecule has 1 aromatic heterocycles. The molecule has 0 amide bonds. The minimum atomic E-state index is -3.90. The fourth-order valence-electron chi connectivity index (χ4n) is 3.53. The van der Waals surface area contributed by atoms with E-state index in [0.717, 1.165) is 0 Å². The van der Waals surface area contributed by atoms with E-state index in [0.29, 0.717) is 22.2 Å². The minimum Gasteiger partial charge on any atom is -0.495 e. The Morgan fingerprint density at radius 2 is 2.00 bits per heavy atom. The molecule has 3 aromatic rings. The molecule has 0 aliphatic carbocycles. The summed E-state index contributed by atoms with van der Waals surface area (Å²) in [7, 11) is -1.26. The van der Waals surface area contributed by atoms with E-state index in [1.807, 2.05) is 0 Å². The number of allylic oxidation sites excluding steroid dienone is 1. The van der Waals surface area contributed by atoms with E-state index in [-0.39, 0.29) is 35.3 Å². The highest BCUT2D eigenvalue weighted by atomic mass is 32.2. The summed E-state index contributed by atoms with van der Waals surface area (Å²) in [6, 6.07) is 7.42. The molecule has 2 aromatic carbocycles. The molecule has 9 nitrogen and oxygen atoms in total. The van der Waals surface area contributed by atoms with Gasteiger partial charge in [0.25, 0.3) is 0 Å². The van der Waals surface area contributed by atoms with Gasteiger partial charge in [0.2, 0.25) is 10.0 Å². The molecule has 3 rings (SSSR count). The lowest BCUT2D eigenvalue weighted by Gasteiger charge is -2.15. The molecular weight excluding hydrogens is 463 g/mol. The number of nitrogens with one attached hydrogen (secondary N) is 1. The van der Waals surface area contributed by atoms with Crippen molar-refractivity contribution in [3.8, 4) is 16.9 Å². The number of aromatic nitrogens is 2. The van der Waals surface area contributed by atoms with Crippen molar-refractivity contribution in [3.05, 3.63) is 54.1 Å². The lowest BCUT2D eigenvalue weighted by atomic mass is 10.0. The molecule has 3 N–H and O–H groups in total. The van der Waals surface area contributed by atoms with Crippen molar-refractivity contribution in [1.29, 1.82) is 0 Å². The number of nitrogens with two attached hydrogens (primary N) is 1. The van der Waals surface area contributed by atoms with Crippen molar-refractivity contribution in [3.63, 3.8) is 0 Å². The first kappa shape index (κ1) is 25.3. The number of hydrogen-bond donors (Lipinski definition) is 2. The number of sulfonamides is 1. The maximum absolute atomic E-state index is 14.2. The molecule has 0 atom stereocenters. The summed E-state index contributed by atoms with van der Waals surface area (Å²) in [4.78, 5) is 16.7. The monoisotopic (exact) mass is 490 g/mol. The van der Waals surface area contributed by atoms with Crippen molar-refractivity contribution in [2.24, 2.45) is 5.73 Å². The van der Waals surface area contributed by atoms with Crippen LogP contribution in [0.15, 0.2) is 53.5 Å².